The number of benzene rings is 1. The lowest BCUT2D eigenvalue weighted by Crippen LogP contribution is -2.47. The molecule has 1 N–H and O–H groups in total. The topological polar surface area (TPSA) is 53.4 Å². The lowest BCUT2D eigenvalue weighted by atomic mass is 10.1. The summed E-state index contributed by atoms with van der Waals surface area (Å²) < 4.78 is 1.92. The maximum absolute atomic E-state index is 12.8. The van der Waals surface area contributed by atoms with Gasteiger partial charge in [0.15, 0.2) is 0 Å². The molecule has 156 valence electrons. The highest BCUT2D eigenvalue weighted by molar-refractivity contribution is 6.05. The lowest BCUT2D eigenvalue weighted by Gasteiger charge is -2.37. The monoisotopic (exact) mass is 403 g/mol. The van der Waals surface area contributed by atoms with Gasteiger partial charge in [0.25, 0.3) is 5.91 Å². The Morgan fingerprint density at radius 1 is 1.00 bits per heavy atom. The highest BCUT2D eigenvalue weighted by Crippen LogP contribution is 2.27. The van der Waals surface area contributed by atoms with Crippen molar-refractivity contribution in [1.29, 1.82) is 0 Å². The first kappa shape index (κ1) is 20.2. The summed E-state index contributed by atoms with van der Waals surface area (Å²) >= 11 is 0. The van der Waals surface area contributed by atoms with Crippen LogP contribution in [0.25, 0.3) is 0 Å². The second kappa shape index (κ2) is 9.13. The van der Waals surface area contributed by atoms with E-state index in [0.717, 1.165) is 56.2 Å². The molecule has 0 bridgehead atoms. The van der Waals surface area contributed by atoms with E-state index in [1.54, 1.807) is 0 Å². The SMILES string of the molecule is Cc1ccc(C(=O)Nc2ccccc2N2CCN(CCc3ccncc3)CC2)n1C. The standard InChI is InChI=1S/C24H29N5O/c1-19-7-8-23(27(19)2)24(30)26-21-5-3-4-6-22(21)29-17-15-28(16-18-29)14-11-20-9-12-25-13-10-20/h3-10,12-13H,11,14-18H2,1-2H3,(H,26,30). The molecular formula is C24H29N5O. The summed E-state index contributed by atoms with van der Waals surface area (Å²) in [5.41, 5.74) is 5.02. The molecule has 4 rings (SSSR count). The van der Waals surface area contributed by atoms with E-state index in [1.807, 2.05) is 61.3 Å². The number of nitrogens with zero attached hydrogens (tertiary/aromatic N) is 4. The van der Waals surface area contributed by atoms with Gasteiger partial charge in [0.1, 0.15) is 5.69 Å². The second-order valence-electron chi connectivity index (χ2n) is 7.82. The van der Waals surface area contributed by atoms with Crippen LogP contribution in [-0.4, -0.2) is 53.1 Å². The number of carbonyl (C=O) groups excluding carboxylic acids is 1. The van der Waals surface area contributed by atoms with Crippen molar-refractivity contribution in [2.24, 2.45) is 7.05 Å². The average Bonchev–Trinajstić information content (AvgIpc) is 3.12. The Balaban J connectivity index is 1.37. The maximum Gasteiger partial charge on any atom is 0.272 e. The van der Waals surface area contributed by atoms with Crippen molar-refractivity contribution in [3.05, 3.63) is 77.9 Å². The highest BCUT2D eigenvalue weighted by atomic mass is 16.2. The Morgan fingerprint density at radius 2 is 1.73 bits per heavy atom. The molecule has 1 amide bonds. The Hall–Kier alpha value is -3.12. The van der Waals surface area contributed by atoms with Crippen molar-refractivity contribution in [2.75, 3.05) is 42.9 Å². The van der Waals surface area contributed by atoms with Crippen LogP contribution in [-0.2, 0) is 13.5 Å². The van der Waals surface area contributed by atoms with Gasteiger partial charge >= 0.3 is 0 Å². The van der Waals surface area contributed by atoms with E-state index in [2.05, 4.69) is 38.3 Å². The molecular weight excluding hydrogens is 374 g/mol. The summed E-state index contributed by atoms with van der Waals surface area (Å²) in [4.78, 5) is 21.8. The van der Waals surface area contributed by atoms with Gasteiger partial charge in [-0.1, -0.05) is 12.1 Å². The van der Waals surface area contributed by atoms with Gasteiger partial charge in [0.05, 0.1) is 11.4 Å². The van der Waals surface area contributed by atoms with Crippen LogP contribution in [0.2, 0.25) is 0 Å². The van der Waals surface area contributed by atoms with E-state index in [1.165, 1.54) is 5.56 Å². The Kier molecular flexibility index (Phi) is 6.14. The second-order valence-corrected chi connectivity index (χ2v) is 7.82. The Bertz CT molecular complexity index is 990. The summed E-state index contributed by atoms with van der Waals surface area (Å²) in [5.74, 6) is -0.0750. The van der Waals surface area contributed by atoms with Crippen LogP contribution in [0.4, 0.5) is 11.4 Å². The fourth-order valence-corrected chi connectivity index (χ4v) is 3.93. The minimum Gasteiger partial charge on any atom is -0.367 e. The number of aryl methyl sites for hydroxylation is 1. The number of anilines is 2. The third-order valence-electron chi connectivity index (χ3n) is 5.94. The summed E-state index contributed by atoms with van der Waals surface area (Å²) in [5, 5.41) is 3.12. The summed E-state index contributed by atoms with van der Waals surface area (Å²) in [7, 11) is 1.92. The minimum atomic E-state index is -0.0750. The molecule has 1 aliphatic heterocycles. The highest BCUT2D eigenvalue weighted by Gasteiger charge is 2.20. The number of amides is 1. The third-order valence-corrected chi connectivity index (χ3v) is 5.94. The molecule has 3 heterocycles. The van der Waals surface area contributed by atoms with Crippen LogP contribution in [0.5, 0.6) is 0 Å². The zero-order valence-electron chi connectivity index (χ0n) is 17.7. The molecule has 0 aliphatic carbocycles. The van der Waals surface area contributed by atoms with Crippen molar-refractivity contribution in [3.63, 3.8) is 0 Å². The average molecular weight is 404 g/mol. The molecule has 1 saturated heterocycles. The van der Waals surface area contributed by atoms with E-state index in [-0.39, 0.29) is 5.91 Å². The normalized spacial score (nSPS) is 14.7. The molecule has 6 heteroatoms. The van der Waals surface area contributed by atoms with Crippen molar-refractivity contribution in [3.8, 4) is 0 Å². The molecule has 0 atom stereocenters. The number of rotatable bonds is 6. The Labute approximate surface area is 178 Å². The molecule has 3 aromatic rings. The van der Waals surface area contributed by atoms with Gasteiger partial charge in [0, 0.05) is 57.9 Å². The molecule has 0 spiro atoms. The number of pyridine rings is 1. The zero-order valence-corrected chi connectivity index (χ0v) is 17.7. The van der Waals surface area contributed by atoms with Crippen LogP contribution in [0.3, 0.4) is 0 Å². The van der Waals surface area contributed by atoms with Crippen molar-refractivity contribution in [1.82, 2.24) is 14.5 Å². The van der Waals surface area contributed by atoms with Gasteiger partial charge in [-0.3, -0.25) is 14.7 Å². The van der Waals surface area contributed by atoms with Crippen molar-refractivity contribution < 1.29 is 4.79 Å². The molecule has 1 aromatic carbocycles. The molecule has 30 heavy (non-hydrogen) atoms. The maximum atomic E-state index is 12.8. The van der Waals surface area contributed by atoms with E-state index in [4.69, 9.17) is 0 Å². The van der Waals surface area contributed by atoms with Gasteiger partial charge in [-0.25, -0.2) is 0 Å². The molecule has 2 aromatic heterocycles. The number of hydrogen-bond acceptors (Lipinski definition) is 4. The largest absolute Gasteiger partial charge is 0.367 e. The molecule has 1 aliphatic rings. The number of para-hydroxylation sites is 2. The first-order valence-corrected chi connectivity index (χ1v) is 10.5. The van der Waals surface area contributed by atoms with Crippen molar-refractivity contribution >= 4 is 17.3 Å². The summed E-state index contributed by atoms with van der Waals surface area (Å²) in [6.07, 6.45) is 4.76. The quantitative estimate of drug-likeness (QED) is 0.686. The molecule has 1 fully saturated rings. The van der Waals surface area contributed by atoms with Crippen LogP contribution < -0.4 is 10.2 Å². The van der Waals surface area contributed by atoms with Crippen LogP contribution in [0, 0.1) is 6.92 Å². The fourth-order valence-electron chi connectivity index (χ4n) is 3.93. The summed E-state index contributed by atoms with van der Waals surface area (Å²) in [6, 6.07) is 16.1. The third kappa shape index (κ3) is 4.54. The lowest BCUT2D eigenvalue weighted by molar-refractivity contribution is 0.101. The van der Waals surface area contributed by atoms with E-state index in [9.17, 15) is 4.79 Å². The van der Waals surface area contributed by atoms with E-state index in [0.29, 0.717) is 5.69 Å². The van der Waals surface area contributed by atoms with Gasteiger partial charge < -0.3 is 14.8 Å². The minimum absolute atomic E-state index is 0.0750. The first-order valence-electron chi connectivity index (χ1n) is 10.5. The first-order chi connectivity index (χ1) is 14.6. The number of piperazine rings is 1. The van der Waals surface area contributed by atoms with E-state index < -0.39 is 0 Å². The number of hydrogen-bond donors (Lipinski definition) is 1. The van der Waals surface area contributed by atoms with Crippen LogP contribution >= 0.6 is 0 Å². The Morgan fingerprint density at radius 3 is 2.43 bits per heavy atom. The molecule has 6 nitrogen and oxygen atoms in total. The smallest absolute Gasteiger partial charge is 0.272 e. The number of carbonyl (C=O) groups is 1. The predicted octanol–water partition coefficient (Wildman–Crippen LogP) is 3.35. The van der Waals surface area contributed by atoms with Crippen LogP contribution in [0.15, 0.2) is 60.9 Å². The van der Waals surface area contributed by atoms with E-state index >= 15 is 0 Å². The number of aromatic nitrogens is 2. The predicted molar refractivity (Wildman–Crippen MR) is 121 cm³/mol. The van der Waals surface area contributed by atoms with Gasteiger partial charge in [-0.2, -0.15) is 0 Å². The fraction of sp³-hybridized carbons (Fsp3) is 0.333. The number of nitrogens with one attached hydrogen (secondary N) is 1. The van der Waals surface area contributed by atoms with Crippen molar-refractivity contribution in [2.45, 2.75) is 13.3 Å². The molecule has 0 radical (unpaired) electrons. The molecule has 0 unspecified atom stereocenters. The van der Waals surface area contributed by atoms with Crippen LogP contribution in [0.1, 0.15) is 21.7 Å². The van der Waals surface area contributed by atoms with Gasteiger partial charge in [0.2, 0.25) is 0 Å². The molecule has 0 saturated carbocycles. The summed E-state index contributed by atoms with van der Waals surface area (Å²) in [6.45, 7) is 7.00. The van der Waals surface area contributed by atoms with Gasteiger partial charge in [-0.05, 0) is 55.3 Å². The van der Waals surface area contributed by atoms with Gasteiger partial charge in [-0.15, -0.1) is 0 Å². The zero-order chi connectivity index (χ0) is 20.9.